The number of fused-ring (bicyclic) bond motifs is 15. The summed E-state index contributed by atoms with van der Waals surface area (Å²) in [4.78, 5) is 0. The molecule has 360 valence electrons. The molecule has 0 saturated heterocycles. The van der Waals surface area contributed by atoms with Crippen molar-refractivity contribution in [1.29, 1.82) is 0 Å². The fraction of sp³-hybridized carbons (Fsp3) is 0.0704. The third kappa shape index (κ3) is 5.91. The van der Waals surface area contributed by atoms with E-state index in [2.05, 4.69) is 272 Å². The summed E-state index contributed by atoms with van der Waals surface area (Å²) in [6.07, 6.45) is 4.00. The number of hydrogen-bond donors (Lipinski definition) is 0. The van der Waals surface area contributed by atoms with Crippen LogP contribution in [0.4, 0.5) is 0 Å². The fourth-order valence-electron chi connectivity index (χ4n) is 13.5. The minimum Gasteiger partial charge on any atom is -0.307 e. The Hall–Kier alpha value is -9.58. The molecule has 16 rings (SSSR count). The summed E-state index contributed by atoms with van der Waals surface area (Å²) in [6, 6.07) is 90.9. The van der Waals surface area contributed by atoms with Gasteiger partial charge in [0.15, 0.2) is 0 Å². The zero-order valence-electron chi connectivity index (χ0n) is 42.2. The van der Waals surface area contributed by atoms with Crippen LogP contribution in [0, 0.1) is 0 Å². The number of rotatable bonds is 9. The van der Waals surface area contributed by atoms with Crippen molar-refractivity contribution in [3.8, 4) is 28.4 Å². The number of nitrogens with zero attached hydrogens (tertiary/aromatic N) is 5. The molecule has 0 atom stereocenters. The van der Waals surface area contributed by atoms with E-state index in [9.17, 15) is 0 Å². The van der Waals surface area contributed by atoms with Gasteiger partial charge in [0, 0.05) is 59.4 Å². The van der Waals surface area contributed by atoms with Crippen molar-refractivity contribution in [2.24, 2.45) is 0 Å². The van der Waals surface area contributed by atoms with Crippen molar-refractivity contribution >= 4 is 109 Å². The second-order valence-corrected chi connectivity index (χ2v) is 20.5. The zero-order valence-corrected chi connectivity index (χ0v) is 42.2. The molecule has 5 aromatic heterocycles. The molecule has 0 amide bonds. The number of hydrogen-bond acceptors (Lipinski definition) is 0. The molecule has 5 heterocycles. The molecule has 16 aromatic rings. The summed E-state index contributed by atoms with van der Waals surface area (Å²) >= 11 is 0. The molecule has 0 N–H and O–H groups in total. The molecule has 11 aromatic carbocycles. The lowest BCUT2D eigenvalue weighted by Gasteiger charge is -2.32. The molecule has 0 saturated carbocycles. The summed E-state index contributed by atoms with van der Waals surface area (Å²) in [7, 11) is 0. The lowest BCUT2D eigenvalue weighted by atomic mass is 9.96. The monoisotopic (exact) mass is 973 g/mol. The molecule has 0 spiro atoms. The molecule has 0 aliphatic carbocycles. The Morgan fingerprint density at radius 2 is 0.382 bits per heavy atom. The van der Waals surface area contributed by atoms with Crippen molar-refractivity contribution in [3.05, 3.63) is 248 Å². The maximum absolute atomic E-state index is 2.66. The first-order chi connectivity index (χ1) is 37.8. The first kappa shape index (κ1) is 42.9. The van der Waals surface area contributed by atoms with E-state index in [1.165, 1.54) is 92.9 Å². The Morgan fingerprint density at radius 3 is 0.579 bits per heavy atom. The van der Waals surface area contributed by atoms with E-state index in [4.69, 9.17) is 0 Å². The lowest BCUT2D eigenvalue weighted by Crippen LogP contribution is -2.19. The number of unbranched alkanes of at least 4 members (excludes halogenated alkanes) is 2. The van der Waals surface area contributed by atoms with E-state index in [-0.39, 0.29) is 0 Å². The van der Waals surface area contributed by atoms with E-state index in [0.717, 1.165) is 75.8 Å². The Labute approximate surface area is 438 Å². The molecule has 5 nitrogen and oxygen atoms in total. The van der Waals surface area contributed by atoms with Gasteiger partial charge in [0.2, 0.25) is 0 Å². The first-order valence-electron chi connectivity index (χ1n) is 26.9. The molecule has 0 fully saturated rings. The van der Waals surface area contributed by atoms with Gasteiger partial charge in [-0.05, 0) is 73.5 Å². The van der Waals surface area contributed by atoms with Crippen molar-refractivity contribution in [2.75, 3.05) is 0 Å². The quantitative estimate of drug-likeness (QED) is 0.129. The van der Waals surface area contributed by atoms with Crippen LogP contribution in [0.15, 0.2) is 243 Å². The van der Waals surface area contributed by atoms with Crippen molar-refractivity contribution in [2.45, 2.75) is 32.6 Å². The SMILES string of the molecule is CCCCCc1c(-n2c3ccccc3c3ccccc32)c(-n2c3ccccc3c3ccccc32)c(-n2c3ccccc3c3ccccc32)c(-n2c3ccccc3c3ccccc32)c1-n1c2ccccc2c2ccccc21. The van der Waals surface area contributed by atoms with E-state index >= 15 is 0 Å². The third-order valence-corrected chi connectivity index (χ3v) is 16.5. The largest absolute Gasteiger partial charge is 0.307 e. The van der Waals surface area contributed by atoms with Crippen LogP contribution in [0.25, 0.3) is 137 Å². The molecule has 0 aliphatic heterocycles. The maximum Gasteiger partial charge on any atom is 0.0990 e. The molecule has 0 unspecified atom stereocenters. The standard InChI is InChI=1S/C71H51N5/c1-2-3-4-35-56-67(72-57-36-15-5-25-46(57)47-26-6-16-37-58(47)72)69(74-61-40-19-9-29-50(61)51-30-10-20-41-62(51)74)71(76-65-44-23-13-33-54(65)55-34-14-24-45-66(55)76)70(75-63-42-21-11-31-52(63)53-32-12-22-43-64(53)75)68(56)73-59-38-17-7-27-48(59)49-28-8-18-39-60(49)73/h5-34,36-45H,2-4,35H2,1H3. The minimum atomic E-state index is 0.821. The van der Waals surface area contributed by atoms with Gasteiger partial charge in [-0.3, -0.25) is 0 Å². The summed E-state index contributed by atoms with van der Waals surface area (Å²) in [6.45, 7) is 2.33. The van der Waals surface area contributed by atoms with Gasteiger partial charge in [0.1, 0.15) is 0 Å². The second kappa shape index (κ2) is 16.7. The fourth-order valence-corrected chi connectivity index (χ4v) is 13.5. The van der Waals surface area contributed by atoms with E-state index < -0.39 is 0 Å². The van der Waals surface area contributed by atoms with Gasteiger partial charge < -0.3 is 22.8 Å². The molecule has 5 heteroatoms. The average Bonchev–Trinajstić information content (AvgIpc) is 4.39. The number of benzene rings is 11. The van der Waals surface area contributed by atoms with Crippen LogP contribution >= 0.6 is 0 Å². The zero-order chi connectivity index (χ0) is 50.0. The highest BCUT2D eigenvalue weighted by atomic mass is 15.2. The van der Waals surface area contributed by atoms with Gasteiger partial charge in [0.05, 0.1) is 83.6 Å². The Kier molecular flexibility index (Phi) is 9.43. The highest BCUT2D eigenvalue weighted by molar-refractivity contribution is 6.17. The molecule has 0 radical (unpaired) electrons. The van der Waals surface area contributed by atoms with Gasteiger partial charge in [-0.25, -0.2) is 0 Å². The summed E-state index contributed by atoms with van der Waals surface area (Å²) in [5, 5.41) is 12.2. The van der Waals surface area contributed by atoms with Gasteiger partial charge in [-0.2, -0.15) is 0 Å². The van der Waals surface area contributed by atoms with E-state index in [1.54, 1.807) is 0 Å². The molecular weight excluding hydrogens is 923 g/mol. The molecular formula is C71H51N5. The van der Waals surface area contributed by atoms with Crippen LogP contribution in [-0.4, -0.2) is 22.8 Å². The average molecular weight is 974 g/mol. The predicted octanol–water partition coefficient (Wildman–Crippen LogP) is 18.9. The normalized spacial score (nSPS) is 12.2. The van der Waals surface area contributed by atoms with Crippen LogP contribution in [-0.2, 0) is 6.42 Å². The summed E-state index contributed by atoms with van der Waals surface area (Å²) in [5.74, 6) is 0. The van der Waals surface area contributed by atoms with Crippen LogP contribution in [0.2, 0.25) is 0 Å². The minimum absolute atomic E-state index is 0.821. The highest BCUT2D eigenvalue weighted by Crippen LogP contribution is 2.52. The Morgan fingerprint density at radius 1 is 0.211 bits per heavy atom. The van der Waals surface area contributed by atoms with Crippen molar-refractivity contribution in [1.82, 2.24) is 22.8 Å². The lowest BCUT2D eigenvalue weighted by molar-refractivity contribution is 0.712. The second-order valence-electron chi connectivity index (χ2n) is 20.5. The maximum atomic E-state index is 2.66. The predicted molar refractivity (Wildman–Crippen MR) is 321 cm³/mol. The Bertz CT molecular complexity index is 4510. The Balaban J connectivity index is 1.31. The van der Waals surface area contributed by atoms with Crippen LogP contribution in [0.1, 0.15) is 31.7 Å². The third-order valence-electron chi connectivity index (χ3n) is 16.5. The van der Waals surface area contributed by atoms with Crippen LogP contribution < -0.4 is 0 Å². The van der Waals surface area contributed by atoms with Gasteiger partial charge in [0.25, 0.3) is 0 Å². The molecule has 0 aliphatic rings. The van der Waals surface area contributed by atoms with Gasteiger partial charge in [-0.1, -0.05) is 202 Å². The summed E-state index contributed by atoms with van der Waals surface area (Å²) < 4.78 is 13.3. The number of para-hydroxylation sites is 10. The van der Waals surface area contributed by atoms with Crippen LogP contribution in [0.3, 0.4) is 0 Å². The van der Waals surface area contributed by atoms with E-state index in [0.29, 0.717) is 0 Å². The summed E-state index contributed by atoms with van der Waals surface area (Å²) in [5.41, 5.74) is 18.6. The number of aromatic nitrogens is 5. The van der Waals surface area contributed by atoms with Crippen LogP contribution in [0.5, 0.6) is 0 Å². The first-order valence-corrected chi connectivity index (χ1v) is 26.9. The highest BCUT2D eigenvalue weighted by Gasteiger charge is 2.35. The van der Waals surface area contributed by atoms with Crippen molar-refractivity contribution < 1.29 is 0 Å². The topological polar surface area (TPSA) is 24.6 Å². The molecule has 76 heavy (non-hydrogen) atoms. The van der Waals surface area contributed by atoms with E-state index in [1.807, 2.05) is 0 Å². The molecule has 0 bridgehead atoms. The smallest absolute Gasteiger partial charge is 0.0990 e. The van der Waals surface area contributed by atoms with Gasteiger partial charge in [-0.15, -0.1) is 0 Å². The van der Waals surface area contributed by atoms with Gasteiger partial charge >= 0.3 is 0 Å². The van der Waals surface area contributed by atoms with Crippen molar-refractivity contribution in [3.63, 3.8) is 0 Å².